The highest BCUT2D eigenvalue weighted by Crippen LogP contribution is 2.14. The van der Waals surface area contributed by atoms with Crippen LogP contribution in [-0.4, -0.2) is 28.6 Å². The van der Waals surface area contributed by atoms with Gasteiger partial charge in [-0.1, -0.05) is 18.2 Å². The van der Waals surface area contributed by atoms with Crippen molar-refractivity contribution in [1.29, 1.82) is 0 Å². The second kappa shape index (κ2) is 9.76. The molecule has 0 amide bonds. The van der Waals surface area contributed by atoms with Gasteiger partial charge in [-0.15, -0.1) is 35.3 Å². The Hall–Kier alpha value is -1.61. The fraction of sp³-hybridized carbons (Fsp3) is 0.333. The Bertz CT molecular complexity index is 810. The third kappa shape index (κ3) is 5.18. The standard InChI is InChI=1S/C18H23N5S.HI/c1-3-19-18(20-11-10-14-7-6-12-24-14)21-13-17-22-15-8-4-5-9-16(15)23(17)2;/h4-9,12H,3,10-11,13H2,1-2H3,(H2,19,20,21);1H. The predicted molar refractivity (Wildman–Crippen MR) is 117 cm³/mol. The van der Waals surface area contributed by atoms with Gasteiger partial charge in [-0.25, -0.2) is 9.98 Å². The Morgan fingerprint density at radius 2 is 2.04 bits per heavy atom. The van der Waals surface area contributed by atoms with Crippen LogP contribution < -0.4 is 10.6 Å². The lowest BCUT2D eigenvalue weighted by Crippen LogP contribution is -2.38. The first-order valence-electron chi connectivity index (χ1n) is 8.23. The summed E-state index contributed by atoms with van der Waals surface area (Å²) in [6.45, 7) is 4.34. The summed E-state index contributed by atoms with van der Waals surface area (Å²) in [4.78, 5) is 10.7. The highest BCUT2D eigenvalue weighted by Gasteiger charge is 2.07. The number of guanidine groups is 1. The van der Waals surface area contributed by atoms with E-state index in [1.807, 2.05) is 25.2 Å². The minimum Gasteiger partial charge on any atom is -0.357 e. The number of rotatable bonds is 6. The number of hydrogen-bond donors (Lipinski definition) is 2. The molecular formula is C18H24IN5S. The van der Waals surface area contributed by atoms with Crippen molar-refractivity contribution in [2.75, 3.05) is 13.1 Å². The van der Waals surface area contributed by atoms with E-state index in [1.165, 1.54) is 4.88 Å². The Kier molecular flexibility index (Phi) is 7.70. The number of aromatic nitrogens is 2. The summed E-state index contributed by atoms with van der Waals surface area (Å²) in [5.74, 6) is 1.80. The Morgan fingerprint density at radius 1 is 1.20 bits per heavy atom. The van der Waals surface area contributed by atoms with Crippen LogP contribution in [0.5, 0.6) is 0 Å². The summed E-state index contributed by atoms with van der Waals surface area (Å²) in [7, 11) is 2.04. The van der Waals surface area contributed by atoms with Gasteiger partial charge in [-0.3, -0.25) is 0 Å². The van der Waals surface area contributed by atoms with Gasteiger partial charge >= 0.3 is 0 Å². The van der Waals surface area contributed by atoms with E-state index >= 15 is 0 Å². The van der Waals surface area contributed by atoms with Gasteiger partial charge in [0.15, 0.2) is 5.96 Å². The van der Waals surface area contributed by atoms with E-state index < -0.39 is 0 Å². The third-order valence-electron chi connectivity index (χ3n) is 3.85. The molecule has 0 radical (unpaired) electrons. The molecule has 134 valence electrons. The first-order chi connectivity index (χ1) is 11.8. The Morgan fingerprint density at radius 3 is 2.76 bits per heavy atom. The zero-order valence-electron chi connectivity index (χ0n) is 14.5. The molecular weight excluding hydrogens is 445 g/mol. The lowest BCUT2D eigenvalue weighted by atomic mass is 10.3. The number of nitrogens with one attached hydrogen (secondary N) is 2. The van der Waals surface area contributed by atoms with Crippen LogP contribution in [0.3, 0.4) is 0 Å². The van der Waals surface area contributed by atoms with Crippen LogP contribution in [-0.2, 0) is 20.0 Å². The molecule has 0 saturated carbocycles. The number of imidazole rings is 1. The monoisotopic (exact) mass is 469 g/mol. The normalized spacial score (nSPS) is 11.4. The summed E-state index contributed by atoms with van der Waals surface area (Å²) in [5, 5.41) is 8.79. The van der Waals surface area contributed by atoms with Crippen LogP contribution in [0.25, 0.3) is 11.0 Å². The van der Waals surface area contributed by atoms with Crippen LogP contribution >= 0.6 is 35.3 Å². The SMILES string of the molecule is CCNC(=NCc1nc2ccccc2n1C)NCCc1cccs1.I. The quantitative estimate of drug-likeness (QED) is 0.330. The highest BCUT2D eigenvalue weighted by molar-refractivity contribution is 14.0. The lowest BCUT2D eigenvalue weighted by Gasteiger charge is -2.10. The van der Waals surface area contributed by atoms with E-state index in [9.17, 15) is 0 Å². The molecule has 0 unspecified atom stereocenters. The van der Waals surface area contributed by atoms with Crippen molar-refractivity contribution in [1.82, 2.24) is 20.2 Å². The zero-order valence-corrected chi connectivity index (χ0v) is 17.7. The number of hydrogen-bond acceptors (Lipinski definition) is 3. The van der Waals surface area contributed by atoms with Crippen LogP contribution in [0.1, 0.15) is 17.6 Å². The average Bonchev–Trinajstić information content (AvgIpc) is 3.21. The van der Waals surface area contributed by atoms with Crippen molar-refractivity contribution in [3.63, 3.8) is 0 Å². The minimum absolute atomic E-state index is 0. The van der Waals surface area contributed by atoms with Crippen molar-refractivity contribution in [2.45, 2.75) is 19.9 Å². The number of aliphatic imine (C=N–C) groups is 1. The first kappa shape index (κ1) is 19.7. The summed E-state index contributed by atoms with van der Waals surface area (Å²) >= 11 is 1.79. The molecule has 2 heterocycles. The Labute approximate surface area is 169 Å². The fourth-order valence-electron chi connectivity index (χ4n) is 2.59. The van der Waals surface area contributed by atoms with Gasteiger partial charge in [-0.2, -0.15) is 0 Å². The maximum Gasteiger partial charge on any atom is 0.191 e. The largest absolute Gasteiger partial charge is 0.357 e. The molecule has 0 fully saturated rings. The molecule has 2 N–H and O–H groups in total. The van der Waals surface area contributed by atoms with Crippen molar-refractivity contribution in [3.05, 3.63) is 52.5 Å². The molecule has 0 aliphatic heterocycles. The minimum atomic E-state index is 0. The van der Waals surface area contributed by atoms with Crippen LogP contribution in [0, 0.1) is 0 Å². The topological polar surface area (TPSA) is 54.2 Å². The average molecular weight is 469 g/mol. The van der Waals surface area contributed by atoms with Gasteiger partial charge < -0.3 is 15.2 Å². The highest BCUT2D eigenvalue weighted by atomic mass is 127. The summed E-state index contributed by atoms with van der Waals surface area (Å²) in [5.41, 5.74) is 2.15. The maximum absolute atomic E-state index is 4.67. The molecule has 0 saturated heterocycles. The molecule has 2 aromatic heterocycles. The van der Waals surface area contributed by atoms with E-state index in [-0.39, 0.29) is 24.0 Å². The second-order valence-electron chi connectivity index (χ2n) is 5.53. The molecule has 3 aromatic rings. The molecule has 0 aliphatic carbocycles. The van der Waals surface area contributed by atoms with Crippen molar-refractivity contribution >= 4 is 52.3 Å². The van der Waals surface area contributed by atoms with Gasteiger partial charge in [0.25, 0.3) is 0 Å². The summed E-state index contributed by atoms with van der Waals surface area (Å²) in [6, 6.07) is 12.4. The molecule has 25 heavy (non-hydrogen) atoms. The molecule has 0 spiro atoms. The van der Waals surface area contributed by atoms with Crippen LogP contribution in [0.4, 0.5) is 0 Å². The number of aryl methyl sites for hydroxylation is 1. The third-order valence-corrected chi connectivity index (χ3v) is 4.78. The van der Waals surface area contributed by atoms with Gasteiger partial charge in [0.05, 0.1) is 11.0 Å². The van der Waals surface area contributed by atoms with Crippen LogP contribution in [0.15, 0.2) is 46.8 Å². The second-order valence-corrected chi connectivity index (χ2v) is 6.56. The number of fused-ring (bicyclic) bond motifs is 1. The van der Waals surface area contributed by atoms with Crippen molar-refractivity contribution in [3.8, 4) is 0 Å². The Balaban J connectivity index is 0.00000225. The fourth-order valence-corrected chi connectivity index (χ4v) is 3.30. The van der Waals surface area contributed by atoms with Crippen molar-refractivity contribution in [2.24, 2.45) is 12.0 Å². The van der Waals surface area contributed by atoms with Crippen molar-refractivity contribution < 1.29 is 0 Å². The summed E-state index contributed by atoms with van der Waals surface area (Å²) < 4.78 is 2.11. The smallest absolute Gasteiger partial charge is 0.191 e. The first-order valence-corrected chi connectivity index (χ1v) is 9.10. The van der Waals surface area contributed by atoms with E-state index in [1.54, 1.807) is 11.3 Å². The van der Waals surface area contributed by atoms with Gasteiger partial charge in [0.1, 0.15) is 12.4 Å². The number of halogens is 1. The molecule has 3 rings (SSSR count). The molecule has 0 bridgehead atoms. The number of thiophene rings is 1. The number of nitrogens with zero attached hydrogens (tertiary/aromatic N) is 3. The number of para-hydroxylation sites is 2. The van der Waals surface area contributed by atoms with E-state index in [0.29, 0.717) is 6.54 Å². The lowest BCUT2D eigenvalue weighted by molar-refractivity contribution is 0.774. The van der Waals surface area contributed by atoms with Gasteiger partial charge in [0, 0.05) is 25.0 Å². The zero-order chi connectivity index (χ0) is 16.8. The van der Waals surface area contributed by atoms with Gasteiger partial charge in [0.2, 0.25) is 0 Å². The predicted octanol–water partition coefficient (Wildman–Crippen LogP) is 3.55. The van der Waals surface area contributed by atoms with E-state index in [2.05, 4.69) is 55.7 Å². The number of benzene rings is 1. The summed E-state index contributed by atoms with van der Waals surface area (Å²) in [6.07, 6.45) is 1.01. The van der Waals surface area contributed by atoms with E-state index in [0.717, 1.165) is 42.3 Å². The molecule has 0 atom stereocenters. The van der Waals surface area contributed by atoms with Crippen LogP contribution in [0.2, 0.25) is 0 Å². The maximum atomic E-state index is 4.67. The molecule has 1 aromatic carbocycles. The van der Waals surface area contributed by atoms with Gasteiger partial charge in [-0.05, 0) is 36.9 Å². The molecule has 0 aliphatic rings. The van der Waals surface area contributed by atoms with E-state index in [4.69, 9.17) is 0 Å². The molecule has 5 nitrogen and oxygen atoms in total. The molecule has 7 heteroatoms.